The standard InChI is InChI=1S/C43H60N6O7/c44-33(13-9-28(26-53)4-3-17-50)5-1-6-34-31(12-11-30-21-29-10-8-27(14-18-51)20-32(29)22-35(30)34)23-37(47-41-7-2-16-46-41)36(24-42(55)56)38-25-39(40(54)15-19-52)49-43(45)48-38/h2,7-8,10,16,18,20-22,24,26,28,31,33-34,37-40,46-47,50,52,54H,1,3-6,9,11-15,17,19,23,25,44H2,(H,55,56)(H3,45,48,49). The van der Waals surface area contributed by atoms with Gasteiger partial charge in [0.05, 0.1) is 24.2 Å². The number of carboxylic acids is 1. The number of nitrogens with two attached hydrogens (primary N) is 2. The molecule has 2 heterocycles. The number of aliphatic hydroxyl groups is 3. The number of anilines is 1. The lowest BCUT2D eigenvalue weighted by atomic mass is 9.69. The number of aldehydes is 2. The van der Waals surface area contributed by atoms with E-state index in [1.807, 2.05) is 18.2 Å². The van der Waals surface area contributed by atoms with Crippen molar-refractivity contribution >= 4 is 41.1 Å². The number of aliphatic imine (C=N–C) groups is 1. The van der Waals surface area contributed by atoms with Crippen LogP contribution in [0, 0.1) is 11.8 Å². The second-order valence-corrected chi connectivity index (χ2v) is 15.6. The van der Waals surface area contributed by atoms with Crippen molar-refractivity contribution in [3.8, 4) is 0 Å². The summed E-state index contributed by atoms with van der Waals surface area (Å²) in [4.78, 5) is 43.4. The molecule has 2 aromatic carbocycles. The molecule has 0 saturated heterocycles. The van der Waals surface area contributed by atoms with Crippen molar-refractivity contribution in [3.05, 3.63) is 77.0 Å². The van der Waals surface area contributed by atoms with E-state index in [2.05, 4.69) is 44.9 Å². The van der Waals surface area contributed by atoms with Crippen molar-refractivity contribution in [3.63, 3.8) is 0 Å². The molecule has 1 aliphatic carbocycles. The van der Waals surface area contributed by atoms with Crippen molar-refractivity contribution in [1.29, 1.82) is 0 Å². The first-order valence-corrected chi connectivity index (χ1v) is 20.2. The first kappa shape index (κ1) is 42.6. The normalized spacial score (nSPS) is 21.9. The van der Waals surface area contributed by atoms with Gasteiger partial charge < -0.3 is 57.1 Å². The molecule has 2 aliphatic rings. The predicted octanol–water partition coefficient (Wildman–Crippen LogP) is 4.09. The highest BCUT2D eigenvalue weighted by Crippen LogP contribution is 2.45. The third-order valence-corrected chi connectivity index (χ3v) is 11.7. The molecule has 0 spiro atoms. The molecule has 13 nitrogen and oxygen atoms in total. The summed E-state index contributed by atoms with van der Waals surface area (Å²) in [7, 11) is 0. The number of H-pyrrole nitrogens is 1. The van der Waals surface area contributed by atoms with Gasteiger partial charge in [-0.3, -0.25) is 0 Å². The van der Waals surface area contributed by atoms with E-state index in [-0.39, 0.29) is 49.4 Å². The van der Waals surface area contributed by atoms with Crippen LogP contribution < -0.4 is 22.1 Å². The van der Waals surface area contributed by atoms with Crippen LogP contribution in [0.25, 0.3) is 10.8 Å². The van der Waals surface area contributed by atoms with Crippen LogP contribution in [-0.4, -0.2) is 93.4 Å². The second kappa shape index (κ2) is 21.1. The number of rotatable bonds is 23. The summed E-state index contributed by atoms with van der Waals surface area (Å²) in [5.41, 5.74) is 16.9. The highest BCUT2D eigenvalue weighted by molar-refractivity contribution is 5.86. The monoisotopic (exact) mass is 772 g/mol. The summed E-state index contributed by atoms with van der Waals surface area (Å²) >= 11 is 0. The highest BCUT2D eigenvalue weighted by Gasteiger charge is 2.37. The molecule has 3 aromatic rings. The lowest BCUT2D eigenvalue weighted by Crippen LogP contribution is -2.53. The van der Waals surface area contributed by atoms with E-state index in [9.17, 15) is 34.8 Å². The van der Waals surface area contributed by atoms with Gasteiger partial charge in [0.15, 0.2) is 5.96 Å². The number of hydrogen-bond acceptors (Lipinski definition) is 11. The Morgan fingerprint density at radius 2 is 1.86 bits per heavy atom. The SMILES string of the molecule is NC1=NC(C(=CC(=O)O)C(CC2CCc3cc4ccc(CC=O)cc4cc3C2CCCC(N)CCC(C=O)CCCO)Nc2ccc[nH]2)CC(C(O)CCO)N1. The Kier molecular flexibility index (Phi) is 16.0. The van der Waals surface area contributed by atoms with Crippen molar-refractivity contribution in [1.82, 2.24) is 10.3 Å². The van der Waals surface area contributed by atoms with Crippen molar-refractivity contribution in [2.75, 3.05) is 18.5 Å². The Morgan fingerprint density at radius 3 is 2.57 bits per heavy atom. The molecular weight excluding hydrogens is 713 g/mol. The van der Waals surface area contributed by atoms with Crippen molar-refractivity contribution in [2.45, 2.75) is 120 Å². The smallest absolute Gasteiger partial charge is 0.328 e. The highest BCUT2D eigenvalue weighted by atomic mass is 16.4. The number of hydrogen-bond donors (Lipinski definition) is 9. The summed E-state index contributed by atoms with van der Waals surface area (Å²) in [5, 5.41) is 48.6. The summed E-state index contributed by atoms with van der Waals surface area (Å²) in [6, 6.07) is 12.8. The zero-order valence-electron chi connectivity index (χ0n) is 32.2. The molecule has 8 unspecified atom stereocenters. The summed E-state index contributed by atoms with van der Waals surface area (Å²) in [6.07, 6.45) is 12.3. The topological polar surface area (TPSA) is 236 Å². The molecule has 5 rings (SSSR count). The summed E-state index contributed by atoms with van der Waals surface area (Å²) < 4.78 is 0. The quantitative estimate of drug-likeness (QED) is 0.0492. The molecule has 8 atom stereocenters. The lowest BCUT2D eigenvalue weighted by Gasteiger charge is -2.39. The number of benzene rings is 2. The minimum Gasteiger partial charge on any atom is -0.478 e. The fourth-order valence-corrected chi connectivity index (χ4v) is 8.78. The van der Waals surface area contributed by atoms with Crippen LogP contribution in [0.5, 0.6) is 0 Å². The van der Waals surface area contributed by atoms with Crippen LogP contribution >= 0.6 is 0 Å². The molecule has 11 N–H and O–H groups in total. The number of aryl methyl sites for hydroxylation is 1. The van der Waals surface area contributed by atoms with Gasteiger partial charge >= 0.3 is 5.97 Å². The molecule has 1 aromatic heterocycles. The molecule has 56 heavy (non-hydrogen) atoms. The van der Waals surface area contributed by atoms with Gasteiger partial charge in [-0.2, -0.15) is 0 Å². The number of aromatic nitrogens is 1. The number of carbonyl (C=O) groups is 3. The second-order valence-electron chi connectivity index (χ2n) is 15.6. The van der Waals surface area contributed by atoms with E-state index < -0.39 is 30.2 Å². The molecule has 1 aliphatic heterocycles. The minimum absolute atomic E-state index is 0.0660. The largest absolute Gasteiger partial charge is 0.478 e. The van der Waals surface area contributed by atoms with Gasteiger partial charge in [0.1, 0.15) is 18.4 Å². The molecule has 0 saturated carbocycles. The van der Waals surface area contributed by atoms with Crippen LogP contribution in [0.15, 0.2) is 65.3 Å². The maximum atomic E-state index is 12.5. The maximum Gasteiger partial charge on any atom is 0.328 e. The van der Waals surface area contributed by atoms with Crippen LogP contribution in [0.3, 0.4) is 0 Å². The Bertz CT molecular complexity index is 1800. The molecule has 0 radical (unpaired) electrons. The number of carbonyl (C=O) groups excluding carboxylic acids is 2. The van der Waals surface area contributed by atoms with Crippen LogP contribution in [0.2, 0.25) is 0 Å². The average molecular weight is 773 g/mol. The molecule has 13 heteroatoms. The molecule has 0 fully saturated rings. The fourth-order valence-electron chi connectivity index (χ4n) is 8.78. The number of aliphatic carboxylic acids is 1. The first-order valence-electron chi connectivity index (χ1n) is 20.2. The fraction of sp³-hybridized carbons (Fsp3) is 0.535. The zero-order chi connectivity index (χ0) is 40.0. The third-order valence-electron chi connectivity index (χ3n) is 11.7. The number of nitrogens with one attached hydrogen (secondary N) is 3. The van der Waals surface area contributed by atoms with Gasteiger partial charge in [-0.1, -0.05) is 36.8 Å². The number of nitrogens with zero attached hydrogens (tertiary/aromatic N) is 1. The van der Waals surface area contributed by atoms with Gasteiger partial charge in [-0.05, 0) is 128 Å². The van der Waals surface area contributed by atoms with Crippen molar-refractivity contribution in [2.24, 2.45) is 28.3 Å². The van der Waals surface area contributed by atoms with E-state index in [0.717, 1.165) is 73.3 Å². The Labute approximate surface area is 329 Å². The molecule has 0 amide bonds. The van der Waals surface area contributed by atoms with Crippen LogP contribution in [-0.2, 0) is 27.2 Å². The van der Waals surface area contributed by atoms with Gasteiger partial charge in [0.2, 0.25) is 0 Å². The van der Waals surface area contributed by atoms with E-state index in [1.54, 1.807) is 6.20 Å². The third kappa shape index (κ3) is 11.7. The maximum absolute atomic E-state index is 12.5. The molecule has 304 valence electrons. The Balaban J connectivity index is 1.47. The molecular formula is C43H60N6O7. The number of aliphatic hydroxyl groups excluding tert-OH is 3. The van der Waals surface area contributed by atoms with Crippen LogP contribution in [0.1, 0.15) is 93.2 Å². The average Bonchev–Trinajstić information content (AvgIpc) is 3.70. The van der Waals surface area contributed by atoms with Crippen molar-refractivity contribution < 1.29 is 34.8 Å². The Morgan fingerprint density at radius 1 is 1.02 bits per heavy atom. The van der Waals surface area contributed by atoms with E-state index in [0.29, 0.717) is 44.1 Å². The van der Waals surface area contributed by atoms with E-state index >= 15 is 0 Å². The number of aromatic amines is 1. The number of fused-ring (bicyclic) bond motifs is 2. The lowest BCUT2D eigenvalue weighted by molar-refractivity contribution is -0.131. The first-order chi connectivity index (χ1) is 27.1. The van der Waals surface area contributed by atoms with Gasteiger partial charge in [0.25, 0.3) is 0 Å². The minimum atomic E-state index is -1.11. The number of guanidine groups is 1. The summed E-state index contributed by atoms with van der Waals surface area (Å²) in [6.45, 7) is -0.139. The Hall–Kier alpha value is -4.56. The van der Waals surface area contributed by atoms with E-state index in [4.69, 9.17) is 11.5 Å². The number of carboxylic acid groups (broad SMARTS) is 1. The van der Waals surface area contributed by atoms with Gasteiger partial charge in [0, 0.05) is 43.9 Å². The van der Waals surface area contributed by atoms with Crippen LogP contribution in [0.4, 0.5) is 5.82 Å². The predicted molar refractivity (Wildman–Crippen MR) is 218 cm³/mol. The molecule has 0 bridgehead atoms. The van der Waals surface area contributed by atoms with Gasteiger partial charge in [-0.25, -0.2) is 9.79 Å². The zero-order valence-corrected chi connectivity index (χ0v) is 32.2. The summed E-state index contributed by atoms with van der Waals surface area (Å²) in [5.74, 6) is -0.122. The van der Waals surface area contributed by atoms with Gasteiger partial charge in [-0.15, -0.1) is 0 Å². The van der Waals surface area contributed by atoms with E-state index in [1.165, 1.54) is 17.2 Å².